The van der Waals surface area contributed by atoms with E-state index in [-0.39, 0.29) is 52.3 Å². The molecule has 1 fully saturated rings. The third-order valence-corrected chi connectivity index (χ3v) is 7.47. The van der Waals surface area contributed by atoms with Gasteiger partial charge in [-0.15, -0.1) is 0 Å². The van der Waals surface area contributed by atoms with Crippen LogP contribution in [-0.2, 0) is 9.47 Å². The molecule has 4 heterocycles. The van der Waals surface area contributed by atoms with Gasteiger partial charge in [-0.3, -0.25) is 9.78 Å². The topological polar surface area (TPSA) is 135 Å². The molecule has 2 atom stereocenters. The van der Waals surface area contributed by atoms with Gasteiger partial charge < -0.3 is 30.4 Å². The minimum atomic E-state index is -0.593. The number of aromatic nitrogens is 3. The number of aryl methyl sites for hydroxylation is 1. The van der Waals surface area contributed by atoms with Crippen molar-refractivity contribution in [2.24, 2.45) is 0 Å². The standard InChI is InChI=1S/C23H26ClFN6O4S/c1-4-35-22(33)20-19(17-12(25)6-5-8-27-17)30-23(36-20)31-9-7-13(14(10-31)34-3)29-21(32)18-16(26)15(24)11(2)28-18/h5-6,8,13-14,28H,4,7,9-10,26H2,1-3H3,(H,29,32)/t13-,14+/m1/s1. The molecule has 36 heavy (non-hydrogen) atoms. The molecule has 0 saturated carbocycles. The molecule has 0 aromatic carbocycles. The molecule has 1 aliphatic heterocycles. The Kier molecular flexibility index (Phi) is 7.76. The lowest BCUT2D eigenvalue weighted by Crippen LogP contribution is -2.55. The van der Waals surface area contributed by atoms with Crippen LogP contribution in [0, 0.1) is 12.7 Å². The number of rotatable bonds is 7. The van der Waals surface area contributed by atoms with Gasteiger partial charge in [0.15, 0.2) is 10.9 Å². The first-order valence-corrected chi connectivity index (χ1v) is 12.5. The molecule has 3 aromatic rings. The van der Waals surface area contributed by atoms with E-state index >= 15 is 0 Å². The van der Waals surface area contributed by atoms with E-state index in [1.807, 2.05) is 4.90 Å². The van der Waals surface area contributed by atoms with Crippen molar-refractivity contribution in [3.05, 3.63) is 45.4 Å². The van der Waals surface area contributed by atoms with Crippen LogP contribution in [0.15, 0.2) is 18.3 Å². The largest absolute Gasteiger partial charge is 0.462 e. The lowest BCUT2D eigenvalue weighted by molar-refractivity contribution is 0.0531. The highest BCUT2D eigenvalue weighted by molar-refractivity contribution is 7.17. The summed E-state index contributed by atoms with van der Waals surface area (Å²) in [6, 6.07) is 2.42. The molecule has 1 amide bonds. The Bertz CT molecular complexity index is 1280. The number of hydrogen-bond donors (Lipinski definition) is 3. The number of piperidine rings is 1. The Morgan fingerprint density at radius 3 is 2.83 bits per heavy atom. The SMILES string of the molecule is CCOC(=O)c1sc(N2CC[C@@H](NC(=O)c3[nH]c(C)c(Cl)c3N)[C@@H](OC)C2)nc1-c1ncccc1F. The summed E-state index contributed by atoms with van der Waals surface area (Å²) in [5, 5.41) is 3.78. The number of pyridine rings is 1. The van der Waals surface area contributed by atoms with Crippen molar-refractivity contribution < 1.29 is 23.5 Å². The molecular weight excluding hydrogens is 511 g/mol. The zero-order valence-corrected chi connectivity index (χ0v) is 21.5. The van der Waals surface area contributed by atoms with Gasteiger partial charge in [-0.05, 0) is 32.4 Å². The van der Waals surface area contributed by atoms with Gasteiger partial charge in [-0.2, -0.15) is 0 Å². The number of thiazole rings is 1. The van der Waals surface area contributed by atoms with Crippen LogP contribution in [-0.4, -0.2) is 65.8 Å². The fourth-order valence-corrected chi connectivity index (χ4v) is 5.17. The van der Waals surface area contributed by atoms with Gasteiger partial charge in [0.25, 0.3) is 5.91 Å². The van der Waals surface area contributed by atoms with E-state index in [1.54, 1.807) is 21.0 Å². The number of carbonyl (C=O) groups is 2. The number of nitrogens with one attached hydrogen (secondary N) is 2. The number of carbonyl (C=O) groups excluding carboxylic acids is 2. The van der Waals surface area contributed by atoms with Crippen molar-refractivity contribution in [1.82, 2.24) is 20.3 Å². The molecule has 0 bridgehead atoms. The Labute approximate surface area is 216 Å². The predicted molar refractivity (Wildman–Crippen MR) is 135 cm³/mol. The molecule has 0 spiro atoms. The van der Waals surface area contributed by atoms with Crippen molar-refractivity contribution in [3.63, 3.8) is 0 Å². The van der Waals surface area contributed by atoms with Crippen LogP contribution in [0.5, 0.6) is 0 Å². The van der Waals surface area contributed by atoms with Crippen LogP contribution in [0.4, 0.5) is 15.2 Å². The zero-order valence-electron chi connectivity index (χ0n) is 19.9. The third-order valence-electron chi connectivity index (χ3n) is 5.88. The van der Waals surface area contributed by atoms with Gasteiger partial charge in [0.2, 0.25) is 0 Å². The summed E-state index contributed by atoms with van der Waals surface area (Å²) in [4.78, 5) is 39.1. The van der Waals surface area contributed by atoms with E-state index in [4.69, 9.17) is 26.8 Å². The lowest BCUT2D eigenvalue weighted by Gasteiger charge is -2.37. The Morgan fingerprint density at radius 2 is 2.19 bits per heavy atom. The zero-order chi connectivity index (χ0) is 26.0. The summed E-state index contributed by atoms with van der Waals surface area (Å²) < 4.78 is 25.3. The molecule has 0 unspecified atom stereocenters. The summed E-state index contributed by atoms with van der Waals surface area (Å²) in [5.41, 5.74) is 7.07. The second kappa shape index (κ2) is 10.8. The number of hydrogen-bond acceptors (Lipinski definition) is 9. The summed E-state index contributed by atoms with van der Waals surface area (Å²) in [6.45, 7) is 4.48. The van der Waals surface area contributed by atoms with Gasteiger partial charge in [0.1, 0.15) is 22.0 Å². The molecule has 4 rings (SSSR count). The number of amides is 1. The average molecular weight is 537 g/mol. The number of nitrogen functional groups attached to an aromatic ring is 1. The lowest BCUT2D eigenvalue weighted by atomic mass is 10.0. The second-order valence-corrected chi connectivity index (χ2v) is 9.53. The summed E-state index contributed by atoms with van der Waals surface area (Å²) >= 11 is 7.21. The van der Waals surface area contributed by atoms with Crippen LogP contribution >= 0.6 is 22.9 Å². The quantitative estimate of drug-likeness (QED) is 0.391. The molecule has 13 heteroatoms. The number of methoxy groups -OCH3 is 1. The first kappa shape index (κ1) is 25.9. The summed E-state index contributed by atoms with van der Waals surface area (Å²) in [6.07, 6.45) is 1.58. The number of esters is 1. The Morgan fingerprint density at radius 1 is 1.42 bits per heavy atom. The molecule has 192 valence electrons. The van der Waals surface area contributed by atoms with Gasteiger partial charge in [-0.1, -0.05) is 22.9 Å². The molecule has 0 aliphatic carbocycles. The first-order valence-electron chi connectivity index (χ1n) is 11.3. The van der Waals surface area contributed by atoms with Crippen LogP contribution < -0.4 is 16.0 Å². The third kappa shape index (κ3) is 5.01. The highest BCUT2D eigenvalue weighted by Crippen LogP contribution is 2.35. The van der Waals surface area contributed by atoms with E-state index in [0.29, 0.717) is 35.4 Å². The van der Waals surface area contributed by atoms with Crippen molar-refractivity contribution >= 4 is 45.6 Å². The number of nitrogens with two attached hydrogens (primary N) is 1. The summed E-state index contributed by atoms with van der Waals surface area (Å²) in [7, 11) is 1.55. The molecular formula is C23H26ClFN6O4S. The first-order chi connectivity index (χ1) is 17.2. The van der Waals surface area contributed by atoms with Crippen LogP contribution in [0.3, 0.4) is 0 Å². The van der Waals surface area contributed by atoms with Gasteiger partial charge in [-0.25, -0.2) is 14.2 Å². The highest BCUT2D eigenvalue weighted by atomic mass is 35.5. The smallest absolute Gasteiger partial charge is 0.350 e. The van der Waals surface area contributed by atoms with E-state index in [0.717, 1.165) is 11.3 Å². The van der Waals surface area contributed by atoms with E-state index in [9.17, 15) is 14.0 Å². The van der Waals surface area contributed by atoms with Crippen LogP contribution in [0.25, 0.3) is 11.4 Å². The molecule has 10 nitrogen and oxygen atoms in total. The minimum absolute atomic E-state index is 0.0222. The van der Waals surface area contributed by atoms with Crippen molar-refractivity contribution in [1.29, 1.82) is 0 Å². The number of halogens is 2. The van der Waals surface area contributed by atoms with E-state index in [2.05, 4.69) is 20.3 Å². The van der Waals surface area contributed by atoms with Gasteiger partial charge in [0.05, 0.1) is 29.5 Å². The van der Waals surface area contributed by atoms with Crippen molar-refractivity contribution in [2.75, 3.05) is 37.4 Å². The Balaban J connectivity index is 1.55. The van der Waals surface area contributed by atoms with E-state index < -0.39 is 11.8 Å². The van der Waals surface area contributed by atoms with Crippen LogP contribution in [0.1, 0.15) is 39.2 Å². The minimum Gasteiger partial charge on any atom is -0.462 e. The van der Waals surface area contributed by atoms with Crippen LogP contribution in [0.2, 0.25) is 5.02 Å². The number of aromatic amines is 1. The normalized spacial score (nSPS) is 17.8. The molecule has 4 N–H and O–H groups in total. The number of ether oxygens (including phenoxy) is 2. The van der Waals surface area contributed by atoms with Crippen molar-refractivity contribution in [3.8, 4) is 11.4 Å². The monoisotopic (exact) mass is 536 g/mol. The maximum atomic E-state index is 14.5. The predicted octanol–water partition coefficient (Wildman–Crippen LogP) is 3.42. The maximum absolute atomic E-state index is 14.5. The van der Waals surface area contributed by atoms with Gasteiger partial charge in [0, 0.05) is 32.1 Å². The van der Waals surface area contributed by atoms with E-state index in [1.165, 1.54) is 18.3 Å². The second-order valence-electron chi connectivity index (χ2n) is 8.17. The molecule has 1 saturated heterocycles. The number of nitrogens with zero attached hydrogens (tertiary/aromatic N) is 3. The fourth-order valence-electron chi connectivity index (χ4n) is 4.03. The molecule has 0 radical (unpaired) electrons. The fraction of sp³-hybridized carbons (Fsp3) is 0.391. The summed E-state index contributed by atoms with van der Waals surface area (Å²) in [5.74, 6) is -1.56. The molecule has 1 aliphatic rings. The molecule has 3 aromatic heterocycles. The highest BCUT2D eigenvalue weighted by Gasteiger charge is 2.34. The number of H-pyrrole nitrogens is 1. The van der Waals surface area contributed by atoms with Crippen molar-refractivity contribution in [2.45, 2.75) is 32.4 Å². The maximum Gasteiger partial charge on any atom is 0.350 e. The van der Waals surface area contributed by atoms with Gasteiger partial charge >= 0.3 is 5.97 Å². The number of anilines is 2. The average Bonchev–Trinajstić information content (AvgIpc) is 3.42. The Hall–Kier alpha value is -3.22.